The van der Waals surface area contributed by atoms with E-state index in [0.29, 0.717) is 29.6 Å². The molecule has 4 nitrogen and oxygen atoms in total. The molecule has 0 aromatic heterocycles. The van der Waals surface area contributed by atoms with E-state index in [0.717, 1.165) is 38.5 Å². The van der Waals surface area contributed by atoms with E-state index in [-0.39, 0.29) is 34.1 Å². The van der Waals surface area contributed by atoms with E-state index in [1.54, 1.807) is 6.92 Å². The van der Waals surface area contributed by atoms with Crippen LogP contribution in [0.15, 0.2) is 59.4 Å². The summed E-state index contributed by atoms with van der Waals surface area (Å²) >= 11 is 0. The van der Waals surface area contributed by atoms with Gasteiger partial charge in [-0.2, -0.15) is 0 Å². The van der Waals surface area contributed by atoms with Crippen LogP contribution in [0.5, 0.6) is 0 Å². The largest absolute Gasteiger partial charge is 0.469 e. The minimum absolute atomic E-state index is 0.0201. The molecule has 2 saturated carbocycles. The SMILES string of the molecule is C=C(C)C1CC=C2C(CCC23C(=C)CCC3(C)C(C)C=C2C=C(C)C(=O)O2)C1(C)CCC(=O)OC. The Balaban J connectivity index is 1.74. The summed E-state index contributed by atoms with van der Waals surface area (Å²) in [6, 6.07) is 0. The molecule has 0 radical (unpaired) electrons. The summed E-state index contributed by atoms with van der Waals surface area (Å²) in [7, 11) is 1.47. The van der Waals surface area contributed by atoms with Crippen molar-refractivity contribution >= 4 is 11.9 Å². The number of carbonyl (C=O) groups excluding carboxylic acids is 2. The fourth-order valence-electron chi connectivity index (χ4n) is 8.16. The summed E-state index contributed by atoms with van der Waals surface area (Å²) in [6.45, 7) is 20.0. The smallest absolute Gasteiger partial charge is 0.339 e. The monoisotopic (exact) mass is 478 g/mol. The first-order valence-corrected chi connectivity index (χ1v) is 13.1. The second kappa shape index (κ2) is 8.94. The van der Waals surface area contributed by atoms with E-state index in [9.17, 15) is 9.59 Å². The molecule has 190 valence electrons. The molecular formula is C31H42O4. The fourth-order valence-corrected chi connectivity index (χ4v) is 8.16. The zero-order valence-electron chi connectivity index (χ0n) is 22.5. The van der Waals surface area contributed by atoms with Crippen molar-refractivity contribution < 1.29 is 19.1 Å². The second-order valence-corrected chi connectivity index (χ2v) is 12.0. The molecule has 0 bridgehead atoms. The van der Waals surface area contributed by atoms with Crippen LogP contribution in [-0.4, -0.2) is 19.0 Å². The maximum absolute atomic E-state index is 12.2. The van der Waals surface area contributed by atoms with Crippen molar-refractivity contribution in [1.29, 1.82) is 0 Å². The lowest BCUT2D eigenvalue weighted by Crippen LogP contribution is -2.45. The van der Waals surface area contributed by atoms with E-state index < -0.39 is 0 Å². The Labute approximate surface area is 211 Å². The molecule has 1 spiro atoms. The fraction of sp³-hybridized carbons (Fsp3) is 0.613. The maximum Gasteiger partial charge on any atom is 0.339 e. The average Bonchev–Trinajstić information content (AvgIpc) is 3.44. The summed E-state index contributed by atoms with van der Waals surface area (Å²) < 4.78 is 10.5. The number of methoxy groups -OCH3 is 1. The standard InChI is InChI=1S/C31H42O4/c1-19(2)24-9-10-26-25(29(24,6)14-13-27(32)34-8)12-16-31(26)21(4)11-15-30(31,7)22(5)18-23-17-20(3)28(33)35-23/h10,17-18,22,24-25H,1,4,9,11-16H2,2-3,5-8H3. The summed E-state index contributed by atoms with van der Waals surface area (Å²) in [5.74, 6) is 1.24. The molecule has 1 aliphatic heterocycles. The second-order valence-electron chi connectivity index (χ2n) is 12.0. The highest BCUT2D eigenvalue weighted by Gasteiger charge is 2.64. The van der Waals surface area contributed by atoms with Crippen LogP contribution in [0.2, 0.25) is 0 Å². The van der Waals surface area contributed by atoms with Gasteiger partial charge in [-0.25, -0.2) is 4.79 Å². The predicted molar refractivity (Wildman–Crippen MR) is 139 cm³/mol. The van der Waals surface area contributed by atoms with Gasteiger partial charge in [0.1, 0.15) is 5.76 Å². The zero-order valence-corrected chi connectivity index (χ0v) is 22.5. The number of hydrogen-bond donors (Lipinski definition) is 0. The first kappa shape index (κ1) is 25.7. The van der Waals surface area contributed by atoms with Gasteiger partial charge in [-0.15, -0.1) is 0 Å². The van der Waals surface area contributed by atoms with Crippen molar-refractivity contribution in [2.24, 2.45) is 34.0 Å². The quantitative estimate of drug-likeness (QED) is 0.298. The Morgan fingerprint density at radius 2 is 2.06 bits per heavy atom. The van der Waals surface area contributed by atoms with Crippen molar-refractivity contribution in [3.05, 3.63) is 59.4 Å². The van der Waals surface area contributed by atoms with Crippen molar-refractivity contribution in [2.45, 2.75) is 79.6 Å². The van der Waals surface area contributed by atoms with Gasteiger partial charge in [-0.05, 0) is 93.1 Å². The molecule has 1 heterocycles. The number of rotatable bonds is 6. The molecule has 0 saturated heterocycles. The van der Waals surface area contributed by atoms with Crippen LogP contribution < -0.4 is 0 Å². The normalized spacial score (nSPS) is 38.3. The van der Waals surface area contributed by atoms with Gasteiger partial charge in [-0.3, -0.25) is 4.79 Å². The number of esters is 2. The summed E-state index contributed by atoms with van der Waals surface area (Å²) in [5.41, 5.74) is 4.61. The van der Waals surface area contributed by atoms with Crippen LogP contribution in [0.25, 0.3) is 0 Å². The van der Waals surface area contributed by atoms with Crippen molar-refractivity contribution in [3.63, 3.8) is 0 Å². The molecule has 3 aliphatic carbocycles. The number of fused-ring (bicyclic) bond motifs is 2. The number of allylic oxidation sites excluding steroid dienone is 6. The zero-order chi connectivity index (χ0) is 25.8. The molecule has 2 fully saturated rings. The van der Waals surface area contributed by atoms with Crippen LogP contribution in [0.3, 0.4) is 0 Å². The van der Waals surface area contributed by atoms with Gasteiger partial charge in [0, 0.05) is 17.4 Å². The van der Waals surface area contributed by atoms with Gasteiger partial charge in [0.2, 0.25) is 0 Å². The molecule has 4 rings (SSSR count). The Morgan fingerprint density at radius 1 is 1.34 bits per heavy atom. The maximum atomic E-state index is 12.2. The van der Waals surface area contributed by atoms with Crippen LogP contribution in [0.1, 0.15) is 79.6 Å². The third-order valence-corrected chi connectivity index (χ3v) is 10.4. The molecular weight excluding hydrogens is 436 g/mol. The van der Waals surface area contributed by atoms with Crippen LogP contribution in [-0.2, 0) is 19.1 Å². The number of cyclic esters (lactones) is 1. The van der Waals surface area contributed by atoms with Crippen LogP contribution in [0, 0.1) is 34.0 Å². The topological polar surface area (TPSA) is 52.6 Å². The first-order valence-electron chi connectivity index (χ1n) is 13.1. The van der Waals surface area contributed by atoms with Gasteiger partial charge >= 0.3 is 11.9 Å². The van der Waals surface area contributed by atoms with Gasteiger partial charge < -0.3 is 9.47 Å². The average molecular weight is 479 g/mol. The molecule has 6 unspecified atom stereocenters. The molecule has 0 aromatic rings. The molecule has 0 aromatic carbocycles. The molecule has 0 N–H and O–H groups in total. The van der Waals surface area contributed by atoms with Gasteiger partial charge in [0.15, 0.2) is 0 Å². The van der Waals surface area contributed by atoms with Crippen molar-refractivity contribution in [1.82, 2.24) is 0 Å². The van der Waals surface area contributed by atoms with Crippen LogP contribution >= 0.6 is 0 Å². The highest BCUT2D eigenvalue weighted by atomic mass is 16.5. The van der Waals surface area contributed by atoms with Gasteiger partial charge in [0.05, 0.1) is 7.11 Å². The summed E-state index contributed by atoms with van der Waals surface area (Å²) in [6.07, 6.45) is 13.0. The molecule has 6 atom stereocenters. The van der Waals surface area contributed by atoms with E-state index in [1.165, 1.54) is 23.8 Å². The molecule has 4 aliphatic rings. The van der Waals surface area contributed by atoms with Gasteiger partial charge in [-0.1, -0.05) is 56.7 Å². The first-order chi connectivity index (χ1) is 16.4. The minimum Gasteiger partial charge on any atom is -0.469 e. The lowest BCUT2D eigenvalue weighted by molar-refractivity contribution is -0.141. The molecule has 35 heavy (non-hydrogen) atoms. The minimum atomic E-state index is -0.248. The van der Waals surface area contributed by atoms with E-state index in [2.05, 4.69) is 53.0 Å². The number of carbonyl (C=O) groups is 2. The van der Waals surface area contributed by atoms with Crippen LogP contribution in [0.4, 0.5) is 0 Å². The Kier molecular flexibility index (Phi) is 6.57. The third-order valence-electron chi connectivity index (χ3n) is 10.4. The van der Waals surface area contributed by atoms with Crippen molar-refractivity contribution in [2.75, 3.05) is 7.11 Å². The summed E-state index contributed by atoms with van der Waals surface area (Å²) in [4.78, 5) is 24.1. The highest BCUT2D eigenvalue weighted by molar-refractivity contribution is 5.92. The number of ether oxygens (including phenoxy) is 2. The summed E-state index contributed by atoms with van der Waals surface area (Å²) in [5, 5.41) is 0. The Bertz CT molecular complexity index is 1060. The van der Waals surface area contributed by atoms with E-state index >= 15 is 0 Å². The lowest BCUT2D eigenvalue weighted by atomic mass is 9.51. The third kappa shape index (κ3) is 3.79. The van der Waals surface area contributed by atoms with E-state index in [4.69, 9.17) is 9.47 Å². The molecule has 4 heteroatoms. The Hall–Kier alpha value is -2.36. The predicted octanol–water partition coefficient (Wildman–Crippen LogP) is 7.24. The van der Waals surface area contributed by atoms with E-state index in [1.807, 2.05) is 6.08 Å². The lowest BCUT2D eigenvalue weighted by Gasteiger charge is -2.52. The van der Waals surface area contributed by atoms with Crippen molar-refractivity contribution in [3.8, 4) is 0 Å². The molecule has 0 amide bonds. The Morgan fingerprint density at radius 3 is 2.66 bits per heavy atom. The highest BCUT2D eigenvalue weighted by Crippen LogP contribution is 2.73. The van der Waals surface area contributed by atoms with Gasteiger partial charge in [0.25, 0.3) is 0 Å². The number of hydrogen-bond acceptors (Lipinski definition) is 4.